The molecule has 0 atom stereocenters. The SMILES string of the molecule is CNCc1cnc(N(C)CC(C)C)nc1. The van der Waals surface area contributed by atoms with Gasteiger partial charge < -0.3 is 10.2 Å². The first-order valence-corrected chi connectivity index (χ1v) is 5.30. The van der Waals surface area contributed by atoms with Crippen molar-refractivity contribution in [1.29, 1.82) is 0 Å². The minimum absolute atomic E-state index is 0.621. The minimum Gasteiger partial charge on any atom is -0.344 e. The molecule has 15 heavy (non-hydrogen) atoms. The Morgan fingerprint density at radius 1 is 1.33 bits per heavy atom. The van der Waals surface area contributed by atoms with E-state index in [-0.39, 0.29) is 0 Å². The van der Waals surface area contributed by atoms with Crippen LogP contribution in [0.2, 0.25) is 0 Å². The van der Waals surface area contributed by atoms with Crippen molar-refractivity contribution >= 4 is 5.95 Å². The summed E-state index contributed by atoms with van der Waals surface area (Å²) in [5, 5.41) is 3.07. The van der Waals surface area contributed by atoms with E-state index in [9.17, 15) is 0 Å². The first-order valence-electron chi connectivity index (χ1n) is 5.30. The van der Waals surface area contributed by atoms with Crippen LogP contribution in [0.3, 0.4) is 0 Å². The monoisotopic (exact) mass is 208 g/mol. The number of aromatic nitrogens is 2. The molecular formula is C11H20N4. The van der Waals surface area contributed by atoms with Crippen molar-refractivity contribution in [3.8, 4) is 0 Å². The summed E-state index contributed by atoms with van der Waals surface area (Å²) in [7, 11) is 3.94. The van der Waals surface area contributed by atoms with E-state index >= 15 is 0 Å². The molecule has 0 fully saturated rings. The lowest BCUT2D eigenvalue weighted by Crippen LogP contribution is -2.24. The van der Waals surface area contributed by atoms with E-state index in [1.54, 1.807) is 0 Å². The fourth-order valence-electron chi connectivity index (χ4n) is 1.47. The van der Waals surface area contributed by atoms with Gasteiger partial charge in [-0.1, -0.05) is 13.8 Å². The van der Waals surface area contributed by atoms with Crippen molar-refractivity contribution in [3.05, 3.63) is 18.0 Å². The second-order valence-electron chi connectivity index (χ2n) is 4.20. The summed E-state index contributed by atoms with van der Waals surface area (Å²) < 4.78 is 0. The van der Waals surface area contributed by atoms with Gasteiger partial charge in [0.15, 0.2) is 0 Å². The Hall–Kier alpha value is -1.16. The van der Waals surface area contributed by atoms with Gasteiger partial charge >= 0.3 is 0 Å². The summed E-state index contributed by atoms with van der Waals surface area (Å²) >= 11 is 0. The number of hydrogen-bond donors (Lipinski definition) is 1. The third-order valence-electron chi connectivity index (χ3n) is 2.05. The van der Waals surface area contributed by atoms with Gasteiger partial charge in [-0.2, -0.15) is 0 Å². The molecule has 0 aromatic carbocycles. The Bertz CT molecular complexity index is 281. The Balaban J connectivity index is 2.62. The minimum atomic E-state index is 0.621. The smallest absolute Gasteiger partial charge is 0.225 e. The lowest BCUT2D eigenvalue weighted by molar-refractivity contribution is 0.629. The summed E-state index contributed by atoms with van der Waals surface area (Å²) in [6.45, 7) is 6.16. The number of hydrogen-bond acceptors (Lipinski definition) is 4. The normalized spacial score (nSPS) is 10.7. The maximum absolute atomic E-state index is 4.33. The van der Waals surface area contributed by atoms with Crippen molar-refractivity contribution in [2.45, 2.75) is 20.4 Å². The Labute approximate surface area is 91.7 Å². The zero-order valence-electron chi connectivity index (χ0n) is 9.99. The Kier molecular flexibility index (Phi) is 4.49. The Morgan fingerprint density at radius 2 is 1.93 bits per heavy atom. The quantitative estimate of drug-likeness (QED) is 0.791. The average molecular weight is 208 g/mol. The molecule has 0 radical (unpaired) electrons. The van der Waals surface area contributed by atoms with Crippen LogP contribution in [-0.4, -0.2) is 30.6 Å². The molecule has 4 nitrogen and oxygen atoms in total. The highest BCUT2D eigenvalue weighted by Crippen LogP contribution is 2.07. The van der Waals surface area contributed by atoms with Crippen LogP contribution >= 0.6 is 0 Å². The second-order valence-corrected chi connectivity index (χ2v) is 4.20. The molecule has 0 unspecified atom stereocenters. The average Bonchev–Trinajstić information content (AvgIpc) is 2.18. The lowest BCUT2D eigenvalue weighted by Gasteiger charge is -2.18. The molecule has 0 aliphatic carbocycles. The zero-order chi connectivity index (χ0) is 11.3. The largest absolute Gasteiger partial charge is 0.344 e. The van der Waals surface area contributed by atoms with Gasteiger partial charge in [0.25, 0.3) is 0 Å². The number of nitrogens with one attached hydrogen (secondary N) is 1. The highest BCUT2D eigenvalue weighted by Gasteiger charge is 2.05. The van der Waals surface area contributed by atoms with Gasteiger partial charge in [-0.25, -0.2) is 9.97 Å². The molecule has 1 heterocycles. The maximum atomic E-state index is 4.33. The summed E-state index contributed by atoms with van der Waals surface area (Å²) in [6, 6.07) is 0. The summed E-state index contributed by atoms with van der Waals surface area (Å²) in [5.41, 5.74) is 1.11. The number of rotatable bonds is 5. The topological polar surface area (TPSA) is 41.1 Å². The van der Waals surface area contributed by atoms with Crippen LogP contribution in [0.25, 0.3) is 0 Å². The van der Waals surface area contributed by atoms with Gasteiger partial charge in [-0.3, -0.25) is 0 Å². The van der Waals surface area contributed by atoms with Gasteiger partial charge in [0, 0.05) is 38.1 Å². The van der Waals surface area contributed by atoms with E-state index in [4.69, 9.17) is 0 Å². The van der Waals surface area contributed by atoms with E-state index < -0.39 is 0 Å². The highest BCUT2D eigenvalue weighted by molar-refractivity contribution is 5.28. The summed E-state index contributed by atoms with van der Waals surface area (Å²) in [6.07, 6.45) is 3.74. The fourth-order valence-corrected chi connectivity index (χ4v) is 1.47. The van der Waals surface area contributed by atoms with E-state index in [0.29, 0.717) is 5.92 Å². The van der Waals surface area contributed by atoms with Gasteiger partial charge in [0.2, 0.25) is 5.95 Å². The molecule has 0 spiro atoms. The zero-order valence-corrected chi connectivity index (χ0v) is 9.99. The molecule has 4 heteroatoms. The molecule has 0 amide bonds. The van der Waals surface area contributed by atoms with Crippen LogP contribution in [-0.2, 0) is 6.54 Å². The molecular weight excluding hydrogens is 188 g/mol. The first-order chi connectivity index (χ1) is 7.13. The Morgan fingerprint density at radius 3 is 2.40 bits per heavy atom. The predicted molar refractivity (Wildman–Crippen MR) is 62.9 cm³/mol. The van der Waals surface area contributed by atoms with E-state index in [1.165, 1.54) is 0 Å². The van der Waals surface area contributed by atoms with Crippen molar-refractivity contribution in [2.24, 2.45) is 5.92 Å². The third-order valence-corrected chi connectivity index (χ3v) is 2.05. The highest BCUT2D eigenvalue weighted by atomic mass is 15.2. The van der Waals surface area contributed by atoms with Crippen LogP contribution in [0.1, 0.15) is 19.4 Å². The summed E-state index contributed by atoms with van der Waals surface area (Å²) in [4.78, 5) is 10.7. The molecule has 0 saturated carbocycles. The van der Waals surface area contributed by atoms with Crippen molar-refractivity contribution in [1.82, 2.24) is 15.3 Å². The van der Waals surface area contributed by atoms with E-state index in [2.05, 4.69) is 34.0 Å². The van der Waals surface area contributed by atoms with Crippen LogP contribution in [0.5, 0.6) is 0 Å². The fraction of sp³-hybridized carbons (Fsp3) is 0.636. The standard InChI is InChI=1S/C11H20N4/c1-9(2)8-15(4)11-13-6-10(5-12-3)7-14-11/h6-7,9,12H,5,8H2,1-4H3. The van der Waals surface area contributed by atoms with Gasteiger partial charge in [0.05, 0.1) is 0 Å². The molecule has 0 bridgehead atoms. The third kappa shape index (κ3) is 3.83. The van der Waals surface area contributed by atoms with Crippen LogP contribution < -0.4 is 10.2 Å². The van der Waals surface area contributed by atoms with Gasteiger partial charge in [-0.05, 0) is 13.0 Å². The summed E-state index contributed by atoms with van der Waals surface area (Å²) in [5.74, 6) is 1.42. The predicted octanol–water partition coefficient (Wildman–Crippen LogP) is 1.29. The number of anilines is 1. The molecule has 0 aliphatic rings. The molecule has 84 valence electrons. The van der Waals surface area contributed by atoms with Crippen molar-refractivity contribution in [3.63, 3.8) is 0 Å². The molecule has 0 saturated heterocycles. The van der Waals surface area contributed by atoms with Gasteiger partial charge in [-0.15, -0.1) is 0 Å². The lowest BCUT2D eigenvalue weighted by atomic mass is 10.2. The van der Waals surface area contributed by atoms with Crippen LogP contribution in [0.4, 0.5) is 5.95 Å². The maximum Gasteiger partial charge on any atom is 0.225 e. The number of nitrogens with zero attached hydrogens (tertiary/aromatic N) is 3. The second kappa shape index (κ2) is 5.66. The van der Waals surface area contributed by atoms with E-state index in [1.807, 2.05) is 26.5 Å². The van der Waals surface area contributed by atoms with Crippen molar-refractivity contribution < 1.29 is 0 Å². The molecule has 1 N–H and O–H groups in total. The molecule has 1 rings (SSSR count). The van der Waals surface area contributed by atoms with Crippen molar-refractivity contribution in [2.75, 3.05) is 25.5 Å². The molecule has 0 aliphatic heterocycles. The first kappa shape index (κ1) is 11.9. The van der Waals surface area contributed by atoms with Gasteiger partial charge in [0.1, 0.15) is 0 Å². The molecule has 1 aromatic rings. The van der Waals surface area contributed by atoms with E-state index in [0.717, 1.165) is 24.6 Å². The van der Waals surface area contributed by atoms with Crippen LogP contribution in [0, 0.1) is 5.92 Å². The molecule has 1 aromatic heterocycles. The van der Waals surface area contributed by atoms with Crippen LogP contribution in [0.15, 0.2) is 12.4 Å².